The Kier molecular flexibility index (Phi) is 3.44. The molecule has 0 aliphatic carbocycles. The third kappa shape index (κ3) is 2.42. The number of amides is 2. The number of hydrogen-bond acceptors (Lipinski definition) is 4. The monoisotopic (exact) mass is 291 g/mol. The van der Waals surface area contributed by atoms with Crippen LogP contribution in [0.2, 0.25) is 0 Å². The van der Waals surface area contributed by atoms with Crippen molar-refractivity contribution in [2.24, 2.45) is 5.73 Å². The molecule has 1 unspecified atom stereocenters. The van der Waals surface area contributed by atoms with E-state index in [1.54, 1.807) is 10.9 Å². The number of aromatic nitrogens is 2. The van der Waals surface area contributed by atoms with E-state index in [1.165, 1.54) is 6.20 Å². The fourth-order valence-corrected chi connectivity index (χ4v) is 3.11. The number of nitrogens with zero attached hydrogens (tertiary/aromatic N) is 4. The van der Waals surface area contributed by atoms with E-state index in [0.717, 1.165) is 26.1 Å². The number of nitrogens with two attached hydrogens (primary N) is 1. The van der Waals surface area contributed by atoms with Crippen LogP contribution < -0.4 is 5.73 Å². The second kappa shape index (κ2) is 5.14. The zero-order chi connectivity index (χ0) is 15.1. The van der Waals surface area contributed by atoms with Gasteiger partial charge in [0, 0.05) is 31.9 Å². The van der Waals surface area contributed by atoms with Gasteiger partial charge in [0.05, 0.1) is 23.8 Å². The molecule has 2 saturated heterocycles. The summed E-state index contributed by atoms with van der Waals surface area (Å²) < 4.78 is 1.77. The molecule has 3 rings (SSSR count). The predicted molar refractivity (Wildman–Crippen MR) is 76.6 cm³/mol. The Morgan fingerprint density at radius 3 is 2.67 bits per heavy atom. The van der Waals surface area contributed by atoms with E-state index in [4.69, 9.17) is 5.73 Å². The van der Waals surface area contributed by atoms with Gasteiger partial charge in [0.2, 0.25) is 5.91 Å². The maximum atomic E-state index is 12.3. The lowest BCUT2D eigenvalue weighted by Gasteiger charge is -2.42. The minimum atomic E-state index is -0.462. The van der Waals surface area contributed by atoms with Crippen LogP contribution in [0.1, 0.15) is 36.7 Å². The van der Waals surface area contributed by atoms with Gasteiger partial charge in [0.15, 0.2) is 0 Å². The van der Waals surface area contributed by atoms with Crippen molar-refractivity contribution in [3.63, 3.8) is 0 Å². The second-order valence-electron chi connectivity index (χ2n) is 6.11. The first-order chi connectivity index (χ1) is 9.97. The molecule has 2 aliphatic heterocycles. The van der Waals surface area contributed by atoms with Crippen molar-refractivity contribution in [3.8, 4) is 0 Å². The van der Waals surface area contributed by atoms with Gasteiger partial charge in [-0.1, -0.05) is 0 Å². The van der Waals surface area contributed by atoms with Gasteiger partial charge in [-0.3, -0.25) is 19.2 Å². The first-order valence-electron chi connectivity index (χ1n) is 7.36. The fourth-order valence-electron chi connectivity index (χ4n) is 3.11. The highest BCUT2D eigenvalue weighted by Crippen LogP contribution is 2.28. The van der Waals surface area contributed by atoms with Crippen LogP contribution >= 0.6 is 0 Å². The molecular weight excluding hydrogens is 270 g/mol. The summed E-state index contributed by atoms with van der Waals surface area (Å²) in [6.45, 7) is 6.53. The minimum absolute atomic E-state index is 0.00910. The van der Waals surface area contributed by atoms with Crippen molar-refractivity contribution in [1.82, 2.24) is 19.6 Å². The molecule has 7 heteroatoms. The molecule has 1 atom stereocenters. The summed E-state index contributed by atoms with van der Waals surface area (Å²) in [5, 5.41) is 4.18. The molecule has 0 radical (unpaired) electrons. The molecule has 0 saturated carbocycles. The number of carbonyl (C=O) groups excluding carboxylic acids is 2. The SMILES string of the molecule is CC(C)N1CCC(N2CC(n3cc(C(N)=O)cn3)C2)C1=O. The Bertz CT molecular complexity index is 561. The first kappa shape index (κ1) is 14.1. The standard InChI is InChI=1S/C14H21N5O2/c1-9(2)18-4-3-12(14(18)21)17-7-11(8-17)19-6-10(5-16-19)13(15)20/h5-6,9,11-12H,3-4,7-8H2,1-2H3,(H2,15,20). The highest BCUT2D eigenvalue weighted by molar-refractivity contribution is 5.92. The normalized spacial score (nSPS) is 23.9. The van der Waals surface area contributed by atoms with Crippen LogP contribution in [0.4, 0.5) is 0 Å². The Balaban J connectivity index is 1.58. The Labute approximate surface area is 123 Å². The van der Waals surface area contributed by atoms with E-state index in [-0.39, 0.29) is 24.0 Å². The summed E-state index contributed by atoms with van der Waals surface area (Å²) >= 11 is 0. The lowest BCUT2D eigenvalue weighted by atomic mass is 10.0. The maximum Gasteiger partial charge on any atom is 0.251 e. The highest BCUT2D eigenvalue weighted by Gasteiger charge is 2.42. The van der Waals surface area contributed by atoms with Crippen LogP contribution in [0.3, 0.4) is 0 Å². The van der Waals surface area contributed by atoms with Crippen LogP contribution in [0.5, 0.6) is 0 Å². The van der Waals surface area contributed by atoms with Crippen molar-refractivity contribution >= 4 is 11.8 Å². The molecule has 0 bridgehead atoms. The highest BCUT2D eigenvalue weighted by atomic mass is 16.2. The largest absolute Gasteiger partial charge is 0.366 e. The summed E-state index contributed by atoms with van der Waals surface area (Å²) in [4.78, 5) is 27.5. The van der Waals surface area contributed by atoms with Gasteiger partial charge in [0.25, 0.3) is 5.91 Å². The lowest BCUT2D eigenvalue weighted by Crippen LogP contribution is -2.55. The fraction of sp³-hybridized carbons (Fsp3) is 0.643. The molecule has 7 nitrogen and oxygen atoms in total. The van der Waals surface area contributed by atoms with Crippen molar-refractivity contribution in [3.05, 3.63) is 18.0 Å². The van der Waals surface area contributed by atoms with Crippen molar-refractivity contribution in [2.75, 3.05) is 19.6 Å². The van der Waals surface area contributed by atoms with Crippen LogP contribution in [0.15, 0.2) is 12.4 Å². The number of rotatable bonds is 4. The van der Waals surface area contributed by atoms with E-state index in [0.29, 0.717) is 5.56 Å². The van der Waals surface area contributed by atoms with Gasteiger partial charge in [-0.15, -0.1) is 0 Å². The van der Waals surface area contributed by atoms with E-state index in [2.05, 4.69) is 10.00 Å². The van der Waals surface area contributed by atoms with Crippen LogP contribution in [-0.4, -0.2) is 63.1 Å². The van der Waals surface area contributed by atoms with E-state index in [9.17, 15) is 9.59 Å². The van der Waals surface area contributed by atoms with E-state index in [1.807, 2.05) is 18.7 Å². The second-order valence-corrected chi connectivity index (χ2v) is 6.11. The molecule has 21 heavy (non-hydrogen) atoms. The van der Waals surface area contributed by atoms with Gasteiger partial charge in [-0.05, 0) is 20.3 Å². The minimum Gasteiger partial charge on any atom is -0.366 e. The van der Waals surface area contributed by atoms with Crippen molar-refractivity contribution in [2.45, 2.75) is 38.4 Å². The summed E-state index contributed by atoms with van der Waals surface area (Å²) in [6.07, 6.45) is 4.07. The summed E-state index contributed by atoms with van der Waals surface area (Å²) in [5.41, 5.74) is 5.65. The molecule has 2 amide bonds. The molecule has 1 aromatic rings. The molecule has 2 aliphatic rings. The average molecular weight is 291 g/mol. The van der Waals surface area contributed by atoms with Gasteiger partial charge < -0.3 is 10.6 Å². The summed E-state index contributed by atoms with van der Waals surface area (Å²) in [6, 6.07) is 0.498. The molecule has 3 heterocycles. The third-order valence-electron chi connectivity index (χ3n) is 4.43. The first-order valence-corrected chi connectivity index (χ1v) is 7.36. The Hall–Kier alpha value is -1.89. The molecule has 2 N–H and O–H groups in total. The van der Waals surface area contributed by atoms with Crippen molar-refractivity contribution in [1.29, 1.82) is 0 Å². The van der Waals surface area contributed by atoms with E-state index >= 15 is 0 Å². The Morgan fingerprint density at radius 1 is 1.43 bits per heavy atom. The maximum absolute atomic E-state index is 12.3. The number of likely N-dealkylation sites (tertiary alicyclic amines) is 2. The molecule has 0 aromatic carbocycles. The average Bonchev–Trinajstić information content (AvgIpc) is 2.96. The third-order valence-corrected chi connectivity index (χ3v) is 4.43. The van der Waals surface area contributed by atoms with Crippen LogP contribution in [0, 0.1) is 0 Å². The summed E-state index contributed by atoms with van der Waals surface area (Å²) in [5.74, 6) is -0.224. The van der Waals surface area contributed by atoms with E-state index < -0.39 is 5.91 Å². The summed E-state index contributed by atoms with van der Waals surface area (Å²) in [7, 11) is 0. The number of primary amides is 1. The lowest BCUT2D eigenvalue weighted by molar-refractivity contribution is -0.135. The quantitative estimate of drug-likeness (QED) is 0.836. The van der Waals surface area contributed by atoms with Gasteiger partial charge in [-0.25, -0.2) is 0 Å². The molecule has 114 valence electrons. The van der Waals surface area contributed by atoms with Gasteiger partial charge in [0.1, 0.15) is 0 Å². The van der Waals surface area contributed by atoms with Crippen LogP contribution in [0.25, 0.3) is 0 Å². The van der Waals surface area contributed by atoms with Crippen LogP contribution in [-0.2, 0) is 4.79 Å². The number of carbonyl (C=O) groups is 2. The Morgan fingerprint density at radius 2 is 2.14 bits per heavy atom. The smallest absolute Gasteiger partial charge is 0.251 e. The topological polar surface area (TPSA) is 84.5 Å². The molecule has 1 aromatic heterocycles. The van der Waals surface area contributed by atoms with Gasteiger partial charge >= 0.3 is 0 Å². The zero-order valence-corrected chi connectivity index (χ0v) is 12.4. The molecule has 2 fully saturated rings. The molecule has 0 spiro atoms. The predicted octanol–water partition coefficient (Wildman–Crippen LogP) is -0.152. The zero-order valence-electron chi connectivity index (χ0n) is 12.4. The van der Waals surface area contributed by atoms with Crippen molar-refractivity contribution < 1.29 is 9.59 Å². The van der Waals surface area contributed by atoms with Gasteiger partial charge in [-0.2, -0.15) is 5.10 Å². The molecular formula is C14H21N5O2. The number of hydrogen-bond donors (Lipinski definition) is 1.